The lowest BCUT2D eigenvalue weighted by Gasteiger charge is -2.33. The van der Waals surface area contributed by atoms with Crippen molar-refractivity contribution in [2.45, 2.75) is 31.7 Å². The molecule has 1 aliphatic rings. The SMILES string of the molecule is Cc1ccc(C)c(S(=O)(=O)Nc2ccc(C(=O)N3CCOCC3C)cc2)c1. The maximum Gasteiger partial charge on any atom is 0.262 e. The predicted molar refractivity (Wildman–Crippen MR) is 104 cm³/mol. The molecule has 144 valence electrons. The summed E-state index contributed by atoms with van der Waals surface area (Å²) in [6.07, 6.45) is 0. The van der Waals surface area contributed by atoms with Crippen molar-refractivity contribution in [2.24, 2.45) is 0 Å². The molecule has 1 saturated heterocycles. The second-order valence-electron chi connectivity index (χ2n) is 6.87. The smallest absolute Gasteiger partial charge is 0.262 e. The summed E-state index contributed by atoms with van der Waals surface area (Å²) in [5, 5.41) is 0. The van der Waals surface area contributed by atoms with E-state index < -0.39 is 10.0 Å². The minimum atomic E-state index is -3.69. The van der Waals surface area contributed by atoms with Gasteiger partial charge < -0.3 is 9.64 Å². The first-order valence-electron chi connectivity index (χ1n) is 8.87. The number of nitrogens with one attached hydrogen (secondary N) is 1. The maximum atomic E-state index is 12.7. The number of sulfonamides is 1. The Morgan fingerprint density at radius 3 is 2.52 bits per heavy atom. The molecule has 2 aromatic rings. The van der Waals surface area contributed by atoms with E-state index in [-0.39, 0.29) is 16.8 Å². The number of anilines is 1. The van der Waals surface area contributed by atoms with Crippen molar-refractivity contribution in [1.29, 1.82) is 0 Å². The minimum Gasteiger partial charge on any atom is -0.377 e. The van der Waals surface area contributed by atoms with Gasteiger partial charge in [0.1, 0.15) is 0 Å². The van der Waals surface area contributed by atoms with Gasteiger partial charge in [0.15, 0.2) is 0 Å². The Morgan fingerprint density at radius 1 is 1.15 bits per heavy atom. The normalized spacial score (nSPS) is 17.6. The summed E-state index contributed by atoms with van der Waals surface area (Å²) >= 11 is 0. The summed E-state index contributed by atoms with van der Waals surface area (Å²) in [6, 6.07) is 11.8. The highest BCUT2D eigenvalue weighted by Gasteiger charge is 2.25. The van der Waals surface area contributed by atoms with E-state index in [1.54, 1.807) is 48.2 Å². The van der Waals surface area contributed by atoms with Gasteiger partial charge in [-0.3, -0.25) is 9.52 Å². The van der Waals surface area contributed by atoms with Crippen molar-refractivity contribution in [3.63, 3.8) is 0 Å². The number of morpholine rings is 1. The molecule has 0 radical (unpaired) electrons. The summed E-state index contributed by atoms with van der Waals surface area (Å²) in [7, 11) is -3.69. The van der Waals surface area contributed by atoms with Gasteiger partial charge in [-0.25, -0.2) is 8.42 Å². The van der Waals surface area contributed by atoms with Crippen LogP contribution in [0.15, 0.2) is 47.4 Å². The van der Waals surface area contributed by atoms with E-state index >= 15 is 0 Å². The first-order chi connectivity index (χ1) is 12.8. The molecule has 3 rings (SSSR count). The first-order valence-corrected chi connectivity index (χ1v) is 10.3. The van der Waals surface area contributed by atoms with Crippen molar-refractivity contribution in [3.05, 3.63) is 59.2 Å². The zero-order valence-electron chi connectivity index (χ0n) is 15.7. The highest BCUT2D eigenvalue weighted by molar-refractivity contribution is 7.92. The Bertz CT molecular complexity index is 939. The zero-order valence-corrected chi connectivity index (χ0v) is 16.5. The molecule has 6 nitrogen and oxygen atoms in total. The Labute approximate surface area is 160 Å². The summed E-state index contributed by atoms with van der Waals surface area (Å²) in [5.74, 6) is -0.0743. The number of carbonyl (C=O) groups is 1. The van der Waals surface area contributed by atoms with Gasteiger partial charge in [-0.15, -0.1) is 0 Å². The molecule has 1 N–H and O–H groups in total. The van der Waals surface area contributed by atoms with Crippen molar-refractivity contribution in [2.75, 3.05) is 24.5 Å². The fourth-order valence-corrected chi connectivity index (χ4v) is 4.47. The largest absolute Gasteiger partial charge is 0.377 e. The molecule has 1 amide bonds. The summed E-state index contributed by atoms with van der Waals surface area (Å²) in [5.41, 5.74) is 2.50. The summed E-state index contributed by atoms with van der Waals surface area (Å²) in [4.78, 5) is 14.7. The topological polar surface area (TPSA) is 75.7 Å². The summed E-state index contributed by atoms with van der Waals surface area (Å²) < 4.78 is 33.3. The van der Waals surface area contributed by atoms with Gasteiger partial charge in [0.2, 0.25) is 0 Å². The number of amides is 1. The second kappa shape index (κ2) is 7.70. The third-order valence-electron chi connectivity index (χ3n) is 4.65. The van der Waals surface area contributed by atoms with Crippen molar-refractivity contribution >= 4 is 21.6 Å². The number of nitrogens with zero attached hydrogens (tertiary/aromatic N) is 1. The number of aryl methyl sites for hydroxylation is 2. The van der Waals surface area contributed by atoms with Crippen molar-refractivity contribution in [3.8, 4) is 0 Å². The average Bonchev–Trinajstić information content (AvgIpc) is 2.64. The molecule has 27 heavy (non-hydrogen) atoms. The van der Waals surface area contributed by atoms with E-state index in [4.69, 9.17) is 4.74 Å². The van der Waals surface area contributed by atoms with Crippen LogP contribution in [0.3, 0.4) is 0 Å². The number of benzene rings is 2. The highest BCUT2D eigenvalue weighted by atomic mass is 32.2. The van der Waals surface area contributed by atoms with Crippen LogP contribution in [-0.4, -0.2) is 45.0 Å². The molecule has 1 heterocycles. The minimum absolute atomic E-state index is 0.0220. The van der Waals surface area contributed by atoms with Gasteiger partial charge in [-0.2, -0.15) is 0 Å². The monoisotopic (exact) mass is 388 g/mol. The van der Waals surface area contributed by atoms with Crippen LogP contribution in [-0.2, 0) is 14.8 Å². The third-order valence-corrected chi connectivity index (χ3v) is 6.17. The lowest BCUT2D eigenvalue weighted by molar-refractivity contribution is 0.00359. The van der Waals surface area contributed by atoms with Gasteiger partial charge >= 0.3 is 0 Å². The second-order valence-corrected chi connectivity index (χ2v) is 8.53. The first kappa shape index (κ1) is 19.4. The molecule has 2 aromatic carbocycles. The molecule has 0 bridgehead atoms. The Morgan fingerprint density at radius 2 is 1.85 bits per heavy atom. The lowest BCUT2D eigenvalue weighted by atomic mass is 10.1. The van der Waals surface area contributed by atoms with E-state index in [1.807, 2.05) is 19.9 Å². The van der Waals surface area contributed by atoms with Crippen LogP contribution >= 0.6 is 0 Å². The Balaban J connectivity index is 1.77. The van der Waals surface area contributed by atoms with Crippen LogP contribution in [0.4, 0.5) is 5.69 Å². The molecule has 0 saturated carbocycles. The third kappa shape index (κ3) is 4.31. The zero-order chi connectivity index (χ0) is 19.6. The van der Waals surface area contributed by atoms with Crippen LogP contribution in [0, 0.1) is 13.8 Å². The number of hydrogen-bond donors (Lipinski definition) is 1. The van der Waals surface area contributed by atoms with Crippen molar-refractivity contribution in [1.82, 2.24) is 4.90 Å². The molecule has 7 heteroatoms. The average molecular weight is 388 g/mol. The molecule has 0 spiro atoms. The van der Waals surface area contributed by atoms with Gasteiger partial charge in [0, 0.05) is 17.8 Å². The fraction of sp³-hybridized carbons (Fsp3) is 0.350. The molecule has 1 aliphatic heterocycles. The van der Waals surface area contributed by atoms with E-state index in [0.717, 1.165) is 5.56 Å². The summed E-state index contributed by atoms with van der Waals surface area (Å²) in [6.45, 7) is 7.18. The fourth-order valence-electron chi connectivity index (χ4n) is 3.08. The molecular formula is C20H24N2O4S. The molecule has 0 aliphatic carbocycles. The van der Waals surface area contributed by atoms with E-state index in [1.165, 1.54) is 0 Å². The maximum absolute atomic E-state index is 12.7. The van der Waals surface area contributed by atoms with Gasteiger partial charge in [-0.1, -0.05) is 12.1 Å². The van der Waals surface area contributed by atoms with Crippen LogP contribution in [0.5, 0.6) is 0 Å². The van der Waals surface area contributed by atoms with E-state index in [0.29, 0.717) is 36.6 Å². The number of ether oxygens (including phenoxy) is 1. The van der Waals surface area contributed by atoms with E-state index in [9.17, 15) is 13.2 Å². The van der Waals surface area contributed by atoms with Crippen LogP contribution in [0.25, 0.3) is 0 Å². The van der Waals surface area contributed by atoms with E-state index in [2.05, 4.69) is 4.72 Å². The molecule has 1 atom stereocenters. The van der Waals surface area contributed by atoms with Crippen LogP contribution in [0.1, 0.15) is 28.4 Å². The quantitative estimate of drug-likeness (QED) is 0.874. The van der Waals surface area contributed by atoms with Gasteiger partial charge in [0.05, 0.1) is 24.2 Å². The molecule has 1 fully saturated rings. The predicted octanol–water partition coefficient (Wildman–Crippen LogP) is 2.97. The van der Waals surface area contributed by atoms with Gasteiger partial charge in [-0.05, 0) is 62.2 Å². The van der Waals surface area contributed by atoms with Crippen molar-refractivity contribution < 1.29 is 17.9 Å². The molecular weight excluding hydrogens is 364 g/mol. The number of rotatable bonds is 4. The number of hydrogen-bond acceptors (Lipinski definition) is 4. The molecule has 0 aromatic heterocycles. The van der Waals surface area contributed by atoms with Gasteiger partial charge in [0.25, 0.3) is 15.9 Å². The van der Waals surface area contributed by atoms with Crippen LogP contribution in [0.2, 0.25) is 0 Å². The lowest BCUT2D eigenvalue weighted by Crippen LogP contribution is -2.47. The number of carbonyl (C=O) groups excluding carboxylic acids is 1. The Kier molecular flexibility index (Phi) is 5.53. The van der Waals surface area contributed by atoms with Crippen LogP contribution < -0.4 is 4.72 Å². The molecule has 1 unspecified atom stereocenters. The highest BCUT2D eigenvalue weighted by Crippen LogP contribution is 2.21. The standard InChI is InChI=1S/C20H24N2O4S/c1-14-4-5-15(2)19(12-14)27(24,25)21-18-8-6-17(7-9-18)20(23)22-10-11-26-13-16(22)3/h4-9,12,16,21H,10-11,13H2,1-3H3. The Hall–Kier alpha value is -2.38.